The van der Waals surface area contributed by atoms with Gasteiger partial charge in [0.05, 0.1) is 13.7 Å². The second kappa shape index (κ2) is 8.82. The summed E-state index contributed by atoms with van der Waals surface area (Å²) in [6.07, 6.45) is 2.23. The summed E-state index contributed by atoms with van der Waals surface area (Å²) >= 11 is 0. The molecule has 114 valence electrons. The summed E-state index contributed by atoms with van der Waals surface area (Å²) in [7, 11) is 3.29. The van der Waals surface area contributed by atoms with Gasteiger partial charge in [-0.25, -0.2) is 0 Å². The maximum atomic E-state index is 9.87. The van der Waals surface area contributed by atoms with Crippen LogP contribution in [0.1, 0.15) is 32.3 Å². The average Bonchev–Trinajstić information content (AvgIpc) is 2.46. The normalized spacial score (nSPS) is 11.3. The Kier molecular flexibility index (Phi) is 7.41. The van der Waals surface area contributed by atoms with E-state index in [1.165, 1.54) is 0 Å². The van der Waals surface area contributed by atoms with Crippen LogP contribution in [0.5, 0.6) is 11.5 Å². The highest BCUT2D eigenvalue weighted by Crippen LogP contribution is 2.27. The topological polar surface area (TPSA) is 41.9 Å². The van der Waals surface area contributed by atoms with Gasteiger partial charge in [0, 0.05) is 26.2 Å². The molecule has 0 aliphatic heterocycles. The van der Waals surface area contributed by atoms with Gasteiger partial charge in [0.2, 0.25) is 0 Å². The standard InChI is InChI=1S/C16H27NO3/c1-5-14(6-2)17(9-10-19-3)12-13-7-8-16(20-4)15(18)11-13/h7-8,11,14,18H,5-6,9-10,12H2,1-4H3. The third-order valence-electron chi connectivity index (χ3n) is 3.67. The first-order chi connectivity index (χ1) is 9.65. The number of methoxy groups -OCH3 is 2. The molecule has 0 fully saturated rings. The zero-order chi connectivity index (χ0) is 15.0. The molecule has 0 amide bonds. The molecule has 1 aromatic rings. The van der Waals surface area contributed by atoms with Crippen LogP contribution in [0.4, 0.5) is 0 Å². The van der Waals surface area contributed by atoms with Crippen LogP contribution >= 0.6 is 0 Å². The lowest BCUT2D eigenvalue weighted by Crippen LogP contribution is -2.36. The van der Waals surface area contributed by atoms with E-state index < -0.39 is 0 Å². The van der Waals surface area contributed by atoms with Crippen molar-refractivity contribution in [2.24, 2.45) is 0 Å². The fourth-order valence-corrected chi connectivity index (χ4v) is 2.47. The van der Waals surface area contributed by atoms with Crippen molar-refractivity contribution in [3.05, 3.63) is 23.8 Å². The monoisotopic (exact) mass is 281 g/mol. The molecule has 1 rings (SSSR count). The first kappa shape index (κ1) is 16.8. The van der Waals surface area contributed by atoms with Crippen molar-refractivity contribution in [3.63, 3.8) is 0 Å². The molecular formula is C16H27NO3. The van der Waals surface area contributed by atoms with Crippen LogP contribution in [0.25, 0.3) is 0 Å². The van der Waals surface area contributed by atoms with Crippen LogP contribution in [0.3, 0.4) is 0 Å². The number of hydrogen-bond acceptors (Lipinski definition) is 4. The van der Waals surface area contributed by atoms with Gasteiger partial charge in [0.15, 0.2) is 11.5 Å². The first-order valence-corrected chi connectivity index (χ1v) is 7.25. The van der Waals surface area contributed by atoms with E-state index >= 15 is 0 Å². The van der Waals surface area contributed by atoms with Crippen molar-refractivity contribution >= 4 is 0 Å². The average molecular weight is 281 g/mol. The maximum absolute atomic E-state index is 9.87. The van der Waals surface area contributed by atoms with Gasteiger partial charge in [-0.2, -0.15) is 0 Å². The molecule has 1 N–H and O–H groups in total. The van der Waals surface area contributed by atoms with E-state index in [-0.39, 0.29) is 5.75 Å². The molecule has 1 aromatic carbocycles. The highest BCUT2D eigenvalue weighted by molar-refractivity contribution is 5.41. The number of aromatic hydroxyl groups is 1. The highest BCUT2D eigenvalue weighted by atomic mass is 16.5. The van der Waals surface area contributed by atoms with Crippen LogP contribution < -0.4 is 4.74 Å². The lowest BCUT2D eigenvalue weighted by molar-refractivity contribution is 0.110. The Morgan fingerprint density at radius 3 is 2.40 bits per heavy atom. The smallest absolute Gasteiger partial charge is 0.160 e. The van der Waals surface area contributed by atoms with Gasteiger partial charge < -0.3 is 14.6 Å². The summed E-state index contributed by atoms with van der Waals surface area (Å²) in [4.78, 5) is 2.41. The largest absolute Gasteiger partial charge is 0.504 e. The molecule has 20 heavy (non-hydrogen) atoms. The van der Waals surface area contributed by atoms with Crippen LogP contribution in [-0.2, 0) is 11.3 Å². The van der Waals surface area contributed by atoms with Gasteiger partial charge in [-0.1, -0.05) is 19.9 Å². The SMILES string of the molecule is CCC(CC)N(CCOC)Cc1ccc(OC)c(O)c1. The molecule has 0 unspecified atom stereocenters. The Balaban J connectivity index is 2.79. The molecule has 0 aromatic heterocycles. The Morgan fingerprint density at radius 1 is 1.20 bits per heavy atom. The minimum atomic E-state index is 0.196. The van der Waals surface area contributed by atoms with E-state index in [4.69, 9.17) is 9.47 Å². The molecule has 0 atom stereocenters. The van der Waals surface area contributed by atoms with Crippen molar-refractivity contribution in [1.29, 1.82) is 0 Å². The van der Waals surface area contributed by atoms with Gasteiger partial charge in [-0.15, -0.1) is 0 Å². The number of phenols is 1. The van der Waals surface area contributed by atoms with Gasteiger partial charge >= 0.3 is 0 Å². The van der Waals surface area contributed by atoms with E-state index in [9.17, 15) is 5.11 Å². The van der Waals surface area contributed by atoms with Crippen LogP contribution in [0.2, 0.25) is 0 Å². The summed E-state index contributed by atoms with van der Waals surface area (Å²) in [5.41, 5.74) is 1.09. The molecule has 0 spiro atoms. The second-order valence-electron chi connectivity index (χ2n) is 4.94. The van der Waals surface area contributed by atoms with E-state index in [0.29, 0.717) is 11.8 Å². The molecule has 0 heterocycles. The molecule has 0 radical (unpaired) electrons. The van der Waals surface area contributed by atoms with Crippen molar-refractivity contribution in [2.75, 3.05) is 27.4 Å². The van der Waals surface area contributed by atoms with Gasteiger partial charge in [-0.3, -0.25) is 4.90 Å². The third-order valence-corrected chi connectivity index (χ3v) is 3.67. The Hall–Kier alpha value is -1.26. The number of rotatable bonds is 9. The molecule has 0 aliphatic carbocycles. The first-order valence-electron chi connectivity index (χ1n) is 7.25. The summed E-state index contributed by atoms with van der Waals surface area (Å²) in [6, 6.07) is 6.13. The summed E-state index contributed by atoms with van der Waals surface area (Å²) < 4.78 is 10.3. The van der Waals surface area contributed by atoms with Crippen molar-refractivity contribution < 1.29 is 14.6 Å². The maximum Gasteiger partial charge on any atom is 0.160 e. The van der Waals surface area contributed by atoms with Gasteiger partial charge in [0.1, 0.15) is 0 Å². The third kappa shape index (κ3) is 4.69. The number of benzene rings is 1. The summed E-state index contributed by atoms with van der Waals surface area (Å²) in [6.45, 7) is 6.85. The van der Waals surface area contributed by atoms with E-state index in [1.54, 1.807) is 20.3 Å². The molecule has 4 heteroatoms. The Bertz CT molecular complexity index is 391. The van der Waals surface area contributed by atoms with E-state index in [2.05, 4.69) is 18.7 Å². The second-order valence-corrected chi connectivity index (χ2v) is 4.94. The fraction of sp³-hybridized carbons (Fsp3) is 0.625. The number of hydrogen-bond donors (Lipinski definition) is 1. The van der Waals surface area contributed by atoms with E-state index in [0.717, 1.165) is 38.1 Å². The predicted octanol–water partition coefficient (Wildman–Crippen LogP) is 3.04. The molecular weight excluding hydrogens is 254 g/mol. The van der Waals surface area contributed by atoms with Crippen LogP contribution in [0, 0.1) is 0 Å². The van der Waals surface area contributed by atoms with E-state index in [1.807, 2.05) is 12.1 Å². The number of ether oxygens (including phenoxy) is 2. The van der Waals surface area contributed by atoms with Gasteiger partial charge in [-0.05, 0) is 30.5 Å². The minimum Gasteiger partial charge on any atom is -0.504 e. The molecule has 0 bridgehead atoms. The quantitative estimate of drug-likeness (QED) is 0.755. The number of nitrogens with zero attached hydrogens (tertiary/aromatic N) is 1. The molecule has 0 saturated heterocycles. The van der Waals surface area contributed by atoms with Crippen molar-refractivity contribution in [2.45, 2.75) is 39.3 Å². The molecule has 0 aliphatic rings. The Morgan fingerprint density at radius 2 is 1.90 bits per heavy atom. The predicted molar refractivity (Wildman–Crippen MR) is 81.3 cm³/mol. The molecule has 0 saturated carbocycles. The zero-order valence-corrected chi connectivity index (χ0v) is 13.1. The fourth-order valence-electron chi connectivity index (χ4n) is 2.47. The summed E-state index contributed by atoms with van der Waals surface area (Å²) in [5.74, 6) is 0.709. The van der Waals surface area contributed by atoms with Gasteiger partial charge in [0.25, 0.3) is 0 Å². The van der Waals surface area contributed by atoms with Crippen molar-refractivity contribution in [3.8, 4) is 11.5 Å². The zero-order valence-electron chi connectivity index (χ0n) is 13.1. The number of phenolic OH excluding ortho intramolecular Hbond substituents is 1. The molecule has 4 nitrogen and oxygen atoms in total. The van der Waals surface area contributed by atoms with Crippen molar-refractivity contribution in [1.82, 2.24) is 4.90 Å². The Labute approximate surface area is 122 Å². The van der Waals surface area contributed by atoms with Crippen LogP contribution in [0.15, 0.2) is 18.2 Å². The lowest BCUT2D eigenvalue weighted by Gasteiger charge is -2.30. The minimum absolute atomic E-state index is 0.196. The van der Waals surface area contributed by atoms with Crippen LogP contribution in [-0.4, -0.2) is 43.4 Å². The lowest BCUT2D eigenvalue weighted by atomic mass is 10.1. The summed E-state index contributed by atoms with van der Waals surface area (Å²) in [5, 5.41) is 9.87. The highest BCUT2D eigenvalue weighted by Gasteiger charge is 2.15.